The highest BCUT2D eigenvalue weighted by Crippen LogP contribution is 2.37. The minimum absolute atomic E-state index is 0.0774. The van der Waals surface area contributed by atoms with Gasteiger partial charge in [0.15, 0.2) is 0 Å². The Balaban J connectivity index is 0.000000397. The van der Waals surface area contributed by atoms with Crippen molar-refractivity contribution in [1.82, 2.24) is 0 Å². The third-order valence-electron chi connectivity index (χ3n) is 3.49. The number of hydrogen-bond acceptors (Lipinski definition) is 1. The van der Waals surface area contributed by atoms with Crippen LogP contribution in [0.25, 0.3) is 10.4 Å². The van der Waals surface area contributed by atoms with Gasteiger partial charge in [-0.05, 0) is 17.4 Å². The molecule has 0 fully saturated rings. The van der Waals surface area contributed by atoms with Crippen LogP contribution in [-0.2, 0) is 0 Å². The molecule has 100 valence electrons. The Labute approximate surface area is 111 Å². The monoisotopic (exact) mass is 247 g/mol. The first-order chi connectivity index (χ1) is 8.37. The number of rotatable bonds is 4. The molecule has 1 aromatic carbocycles. The summed E-state index contributed by atoms with van der Waals surface area (Å²) < 4.78 is 0. The standard InChI is InChI=1S/C9H19N3.C6H6/c1-6-7-8(2,3)9(4,5)11-12-10;1-2-4-6-5-3-1/h6-7H2,1-5H3;1-6H. The topological polar surface area (TPSA) is 48.8 Å². The van der Waals surface area contributed by atoms with E-state index in [2.05, 4.69) is 30.8 Å². The summed E-state index contributed by atoms with van der Waals surface area (Å²) >= 11 is 0. The maximum atomic E-state index is 8.39. The summed E-state index contributed by atoms with van der Waals surface area (Å²) in [4.78, 5) is 2.88. The lowest BCUT2D eigenvalue weighted by Gasteiger charge is -2.37. The molecule has 18 heavy (non-hydrogen) atoms. The lowest BCUT2D eigenvalue weighted by molar-refractivity contribution is 0.184. The van der Waals surface area contributed by atoms with Gasteiger partial charge in [0, 0.05) is 10.5 Å². The quantitative estimate of drug-likeness (QED) is 0.378. The van der Waals surface area contributed by atoms with Crippen LogP contribution in [0.5, 0.6) is 0 Å². The average molecular weight is 247 g/mol. The van der Waals surface area contributed by atoms with Crippen molar-refractivity contribution in [3.8, 4) is 0 Å². The van der Waals surface area contributed by atoms with E-state index < -0.39 is 0 Å². The molecular formula is C15H25N3. The number of azide groups is 1. The van der Waals surface area contributed by atoms with Crippen LogP contribution in [-0.4, -0.2) is 5.54 Å². The van der Waals surface area contributed by atoms with Gasteiger partial charge >= 0.3 is 0 Å². The molecule has 0 heterocycles. The van der Waals surface area contributed by atoms with Gasteiger partial charge in [0.05, 0.1) is 0 Å². The van der Waals surface area contributed by atoms with E-state index in [4.69, 9.17) is 5.53 Å². The Hall–Kier alpha value is -1.47. The summed E-state index contributed by atoms with van der Waals surface area (Å²) in [5.74, 6) is 0. The van der Waals surface area contributed by atoms with Crippen LogP contribution in [0.4, 0.5) is 0 Å². The van der Waals surface area contributed by atoms with E-state index in [1.165, 1.54) is 0 Å². The minimum atomic E-state index is -0.294. The first-order valence-corrected chi connectivity index (χ1v) is 6.43. The van der Waals surface area contributed by atoms with Crippen molar-refractivity contribution in [3.05, 3.63) is 46.8 Å². The van der Waals surface area contributed by atoms with Crippen LogP contribution in [0.15, 0.2) is 41.5 Å². The zero-order valence-electron chi connectivity index (χ0n) is 12.2. The van der Waals surface area contributed by atoms with E-state index in [-0.39, 0.29) is 11.0 Å². The average Bonchev–Trinajstić information content (AvgIpc) is 2.31. The molecule has 1 aromatic rings. The molecule has 0 spiro atoms. The summed E-state index contributed by atoms with van der Waals surface area (Å²) in [5, 5.41) is 3.83. The van der Waals surface area contributed by atoms with Gasteiger partial charge in [-0.3, -0.25) is 0 Å². The van der Waals surface area contributed by atoms with Crippen LogP contribution in [0, 0.1) is 5.41 Å². The van der Waals surface area contributed by atoms with E-state index in [0.29, 0.717) is 0 Å². The van der Waals surface area contributed by atoms with Crippen molar-refractivity contribution < 1.29 is 0 Å². The van der Waals surface area contributed by atoms with Gasteiger partial charge in [-0.15, -0.1) is 0 Å². The van der Waals surface area contributed by atoms with Crippen molar-refractivity contribution in [2.75, 3.05) is 0 Å². The zero-order chi connectivity index (χ0) is 14.1. The Morgan fingerprint density at radius 1 is 0.944 bits per heavy atom. The molecule has 0 radical (unpaired) electrons. The molecule has 0 unspecified atom stereocenters. The molecule has 0 N–H and O–H groups in total. The molecule has 3 nitrogen and oxygen atoms in total. The van der Waals surface area contributed by atoms with Crippen molar-refractivity contribution in [2.24, 2.45) is 10.5 Å². The summed E-state index contributed by atoms with van der Waals surface area (Å²) in [6, 6.07) is 12.0. The van der Waals surface area contributed by atoms with Gasteiger partial charge in [-0.1, -0.05) is 82.6 Å². The van der Waals surface area contributed by atoms with Gasteiger partial charge in [-0.25, -0.2) is 0 Å². The Morgan fingerprint density at radius 2 is 1.33 bits per heavy atom. The van der Waals surface area contributed by atoms with Crippen LogP contribution >= 0.6 is 0 Å². The van der Waals surface area contributed by atoms with Crippen LogP contribution in [0.2, 0.25) is 0 Å². The number of benzene rings is 1. The fourth-order valence-corrected chi connectivity index (χ4v) is 1.56. The van der Waals surface area contributed by atoms with E-state index in [0.717, 1.165) is 12.8 Å². The molecule has 0 aliphatic carbocycles. The largest absolute Gasteiger partial charge is 0.0873 e. The summed E-state index contributed by atoms with van der Waals surface area (Å²) in [6.07, 6.45) is 2.20. The maximum absolute atomic E-state index is 8.39. The van der Waals surface area contributed by atoms with Crippen molar-refractivity contribution in [3.63, 3.8) is 0 Å². The third kappa shape index (κ3) is 5.74. The van der Waals surface area contributed by atoms with Gasteiger partial charge in [0.1, 0.15) is 0 Å². The second-order valence-corrected chi connectivity index (χ2v) is 5.54. The van der Waals surface area contributed by atoms with Crippen LogP contribution < -0.4 is 0 Å². The predicted molar refractivity (Wildman–Crippen MR) is 78.4 cm³/mol. The van der Waals surface area contributed by atoms with Crippen molar-refractivity contribution in [2.45, 2.75) is 53.0 Å². The van der Waals surface area contributed by atoms with E-state index >= 15 is 0 Å². The van der Waals surface area contributed by atoms with Crippen LogP contribution in [0.3, 0.4) is 0 Å². The zero-order valence-corrected chi connectivity index (χ0v) is 12.2. The van der Waals surface area contributed by atoms with Gasteiger partial charge in [0.2, 0.25) is 0 Å². The first-order valence-electron chi connectivity index (χ1n) is 6.43. The molecule has 0 saturated carbocycles. The number of nitrogens with zero attached hydrogens (tertiary/aromatic N) is 3. The SMILES string of the molecule is CCCC(C)(C)C(C)(C)N=[N+]=[N-].c1ccccc1. The molecule has 0 atom stereocenters. The predicted octanol–water partition coefficient (Wildman–Crippen LogP) is 5.59. The third-order valence-corrected chi connectivity index (χ3v) is 3.49. The highest BCUT2D eigenvalue weighted by atomic mass is 15.2. The summed E-state index contributed by atoms with van der Waals surface area (Å²) in [5.41, 5.74) is 8.18. The first kappa shape index (κ1) is 16.5. The molecule has 1 rings (SSSR count). The lowest BCUT2D eigenvalue weighted by atomic mass is 9.72. The van der Waals surface area contributed by atoms with Crippen molar-refractivity contribution >= 4 is 0 Å². The van der Waals surface area contributed by atoms with Gasteiger partial charge in [0.25, 0.3) is 0 Å². The molecule has 0 bridgehead atoms. The van der Waals surface area contributed by atoms with E-state index in [1.54, 1.807) is 0 Å². The minimum Gasteiger partial charge on any atom is -0.0873 e. The molecule has 0 aromatic heterocycles. The molecule has 0 amide bonds. The van der Waals surface area contributed by atoms with Crippen LogP contribution in [0.1, 0.15) is 47.5 Å². The summed E-state index contributed by atoms with van der Waals surface area (Å²) in [6.45, 7) is 10.4. The van der Waals surface area contributed by atoms with Gasteiger partial charge < -0.3 is 0 Å². The molecule has 3 heteroatoms. The Bertz CT molecular complexity index is 336. The van der Waals surface area contributed by atoms with Gasteiger partial charge in [-0.2, -0.15) is 0 Å². The molecule has 0 aliphatic rings. The van der Waals surface area contributed by atoms with E-state index in [1.807, 2.05) is 50.2 Å². The second kappa shape index (κ2) is 7.78. The fraction of sp³-hybridized carbons (Fsp3) is 0.600. The Morgan fingerprint density at radius 3 is 1.61 bits per heavy atom. The Kier molecular flexibility index (Phi) is 7.14. The second-order valence-electron chi connectivity index (χ2n) is 5.54. The smallest absolute Gasteiger partial charge is 0.0483 e. The number of hydrogen-bond donors (Lipinski definition) is 0. The summed E-state index contributed by atoms with van der Waals surface area (Å²) in [7, 11) is 0. The maximum Gasteiger partial charge on any atom is 0.0483 e. The normalized spacial score (nSPS) is 10.9. The van der Waals surface area contributed by atoms with Crippen molar-refractivity contribution in [1.29, 1.82) is 0 Å². The molecule has 0 saturated heterocycles. The lowest BCUT2D eigenvalue weighted by Crippen LogP contribution is -2.36. The van der Waals surface area contributed by atoms with E-state index in [9.17, 15) is 0 Å². The highest BCUT2D eigenvalue weighted by molar-refractivity contribution is 4.99. The molecule has 0 aliphatic heterocycles. The highest BCUT2D eigenvalue weighted by Gasteiger charge is 2.35. The molecular weight excluding hydrogens is 222 g/mol. The fourth-order valence-electron chi connectivity index (χ4n) is 1.56.